The van der Waals surface area contributed by atoms with Crippen molar-refractivity contribution in [3.05, 3.63) is 21.9 Å². The average Bonchev–Trinajstić information content (AvgIpc) is 3.02. The molecule has 2 N–H and O–H groups in total. The highest BCUT2D eigenvalue weighted by molar-refractivity contribution is 7.10. The van der Waals surface area contributed by atoms with Crippen LogP contribution in [0.5, 0.6) is 0 Å². The molecule has 0 amide bonds. The molecular weight excluding hydrogens is 261 g/mol. The van der Waals surface area contributed by atoms with Gasteiger partial charge in [0.2, 0.25) is 0 Å². The fourth-order valence-corrected chi connectivity index (χ4v) is 3.29. The second-order valence-corrected chi connectivity index (χ2v) is 5.69. The Morgan fingerprint density at radius 1 is 1.50 bits per heavy atom. The lowest BCUT2D eigenvalue weighted by Crippen LogP contribution is -2.41. The average molecular weight is 278 g/mol. The maximum atomic E-state index is 12.7. The molecule has 1 aromatic heterocycles. The SMILES string of the molecule is Cc1ccsc1C(CN)N(CC(F)(F)F)C1CC1. The minimum absolute atomic E-state index is 0.0432. The summed E-state index contributed by atoms with van der Waals surface area (Å²) in [6, 6.07) is 1.67. The van der Waals surface area contributed by atoms with Crippen LogP contribution in [0, 0.1) is 6.92 Å². The summed E-state index contributed by atoms with van der Waals surface area (Å²) in [4.78, 5) is 2.49. The first kappa shape index (κ1) is 13.8. The van der Waals surface area contributed by atoms with E-state index in [0.29, 0.717) is 0 Å². The molecule has 1 aromatic rings. The predicted octanol–water partition coefficient (Wildman–Crippen LogP) is 3.08. The van der Waals surface area contributed by atoms with Crippen LogP contribution in [-0.4, -0.2) is 30.2 Å². The lowest BCUT2D eigenvalue weighted by molar-refractivity contribution is -0.152. The molecule has 2 rings (SSSR count). The standard InChI is InChI=1S/C12H17F3N2S/c1-8-4-5-18-11(8)10(6-16)17(9-2-3-9)7-12(13,14)15/h4-5,9-10H,2-3,6-7,16H2,1H3. The van der Waals surface area contributed by atoms with Crippen LogP contribution in [0.2, 0.25) is 0 Å². The molecule has 0 aliphatic heterocycles. The first-order valence-corrected chi connectivity index (χ1v) is 6.87. The number of nitrogens with zero attached hydrogens (tertiary/aromatic N) is 1. The fourth-order valence-electron chi connectivity index (χ4n) is 2.23. The van der Waals surface area contributed by atoms with Crippen LogP contribution < -0.4 is 5.73 Å². The molecule has 1 heterocycles. The Bertz CT molecular complexity index is 398. The van der Waals surface area contributed by atoms with Crippen LogP contribution in [0.3, 0.4) is 0 Å². The Kier molecular flexibility index (Phi) is 3.99. The van der Waals surface area contributed by atoms with E-state index in [0.717, 1.165) is 23.3 Å². The lowest BCUT2D eigenvalue weighted by atomic mass is 10.1. The van der Waals surface area contributed by atoms with E-state index in [1.165, 1.54) is 16.2 Å². The van der Waals surface area contributed by atoms with Crippen molar-refractivity contribution in [2.24, 2.45) is 5.73 Å². The van der Waals surface area contributed by atoms with E-state index >= 15 is 0 Å². The number of hydrogen-bond acceptors (Lipinski definition) is 3. The van der Waals surface area contributed by atoms with Gasteiger partial charge >= 0.3 is 6.18 Å². The molecule has 0 aromatic carbocycles. The van der Waals surface area contributed by atoms with Crippen molar-refractivity contribution in [2.45, 2.75) is 38.0 Å². The minimum Gasteiger partial charge on any atom is -0.329 e. The van der Waals surface area contributed by atoms with E-state index in [1.807, 2.05) is 18.4 Å². The number of hydrogen-bond donors (Lipinski definition) is 1. The number of alkyl halides is 3. The van der Waals surface area contributed by atoms with Crippen molar-refractivity contribution in [2.75, 3.05) is 13.1 Å². The van der Waals surface area contributed by atoms with Crippen molar-refractivity contribution >= 4 is 11.3 Å². The molecule has 0 bridgehead atoms. The molecule has 2 nitrogen and oxygen atoms in total. The first-order valence-electron chi connectivity index (χ1n) is 5.99. The molecular formula is C12H17F3N2S. The largest absolute Gasteiger partial charge is 0.401 e. The smallest absolute Gasteiger partial charge is 0.329 e. The monoisotopic (exact) mass is 278 g/mol. The number of rotatable bonds is 5. The van der Waals surface area contributed by atoms with Crippen LogP contribution in [0.15, 0.2) is 11.4 Å². The second-order valence-electron chi connectivity index (χ2n) is 4.74. The van der Waals surface area contributed by atoms with Crippen LogP contribution in [0.25, 0.3) is 0 Å². The molecule has 1 unspecified atom stereocenters. The number of aryl methyl sites for hydroxylation is 1. The van der Waals surface area contributed by atoms with Crippen LogP contribution in [0.4, 0.5) is 13.2 Å². The van der Waals surface area contributed by atoms with Gasteiger partial charge in [-0.3, -0.25) is 4.90 Å². The Hall–Kier alpha value is -0.590. The van der Waals surface area contributed by atoms with Crippen LogP contribution in [0.1, 0.15) is 29.3 Å². The van der Waals surface area contributed by atoms with Gasteiger partial charge in [-0.2, -0.15) is 13.2 Å². The highest BCUT2D eigenvalue weighted by atomic mass is 32.1. The van der Waals surface area contributed by atoms with Gasteiger partial charge in [-0.15, -0.1) is 11.3 Å². The topological polar surface area (TPSA) is 29.3 Å². The molecule has 6 heteroatoms. The summed E-state index contributed by atoms with van der Waals surface area (Å²) in [5, 5.41) is 1.91. The number of halogens is 3. The molecule has 0 spiro atoms. The van der Waals surface area contributed by atoms with E-state index in [2.05, 4.69) is 0 Å². The molecule has 102 valence electrons. The van der Waals surface area contributed by atoms with Gasteiger partial charge in [0, 0.05) is 17.5 Å². The van der Waals surface area contributed by atoms with E-state index in [1.54, 1.807) is 0 Å². The summed E-state index contributed by atoms with van der Waals surface area (Å²) in [7, 11) is 0. The third kappa shape index (κ3) is 3.24. The third-order valence-corrected chi connectivity index (χ3v) is 4.33. The summed E-state index contributed by atoms with van der Waals surface area (Å²) in [5.74, 6) is 0. The molecule has 1 fully saturated rings. The van der Waals surface area contributed by atoms with Crippen molar-refractivity contribution < 1.29 is 13.2 Å². The van der Waals surface area contributed by atoms with Gasteiger partial charge in [0.15, 0.2) is 0 Å². The predicted molar refractivity (Wildman–Crippen MR) is 66.6 cm³/mol. The van der Waals surface area contributed by atoms with Gasteiger partial charge in [-0.25, -0.2) is 0 Å². The van der Waals surface area contributed by atoms with Crippen molar-refractivity contribution in [1.82, 2.24) is 4.90 Å². The summed E-state index contributed by atoms with van der Waals surface area (Å²) < 4.78 is 38.0. The Labute approximate surface area is 109 Å². The van der Waals surface area contributed by atoms with Crippen molar-refractivity contribution in [3.8, 4) is 0 Å². The van der Waals surface area contributed by atoms with E-state index < -0.39 is 12.7 Å². The summed E-state index contributed by atoms with van der Waals surface area (Å²) in [6.45, 7) is 1.29. The molecule has 0 saturated heterocycles. The molecule has 1 atom stereocenters. The zero-order chi connectivity index (χ0) is 13.3. The summed E-state index contributed by atoms with van der Waals surface area (Å²) >= 11 is 1.49. The summed E-state index contributed by atoms with van der Waals surface area (Å²) in [5.41, 5.74) is 6.75. The quantitative estimate of drug-likeness (QED) is 0.897. The Morgan fingerprint density at radius 3 is 2.56 bits per heavy atom. The molecule has 1 aliphatic rings. The van der Waals surface area contributed by atoms with Gasteiger partial charge in [-0.05, 0) is 36.8 Å². The molecule has 1 saturated carbocycles. The maximum Gasteiger partial charge on any atom is 0.401 e. The van der Waals surface area contributed by atoms with Gasteiger partial charge in [0.25, 0.3) is 0 Å². The number of nitrogens with two attached hydrogens (primary N) is 1. The van der Waals surface area contributed by atoms with Crippen LogP contribution in [-0.2, 0) is 0 Å². The van der Waals surface area contributed by atoms with Gasteiger partial charge in [0.05, 0.1) is 12.6 Å². The third-order valence-electron chi connectivity index (χ3n) is 3.21. The molecule has 1 aliphatic carbocycles. The summed E-state index contributed by atoms with van der Waals surface area (Å²) in [6.07, 6.45) is -2.48. The Balaban J connectivity index is 2.20. The van der Waals surface area contributed by atoms with Crippen LogP contribution >= 0.6 is 11.3 Å². The second kappa shape index (κ2) is 5.19. The van der Waals surface area contributed by atoms with E-state index in [9.17, 15) is 13.2 Å². The highest BCUT2D eigenvalue weighted by Gasteiger charge is 2.41. The zero-order valence-corrected chi connectivity index (χ0v) is 11.0. The van der Waals surface area contributed by atoms with Crippen molar-refractivity contribution in [3.63, 3.8) is 0 Å². The fraction of sp³-hybridized carbons (Fsp3) is 0.667. The zero-order valence-electron chi connectivity index (χ0n) is 10.2. The molecule has 18 heavy (non-hydrogen) atoms. The number of thiophene rings is 1. The highest BCUT2D eigenvalue weighted by Crippen LogP contribution is 2.38. The molecule has 0 radical (unpaired) electrons. The maximum absolute atomic E-state index is 12.7. The van der Waals surface area contributed by atoms with Gasteiger partial charge in [0.1, 0.15) is 0 Å². The Morgan fingerprint density at radius 2 is 2.17 bits per heavy atom. The first-order chi connectivity index (χ1) is 8.42. The van der Waals surface area contributed by atoms with E-state index in [4.69, 9.17) is 5.73 Å². The van der Waals surface area contributed by atoms with Gasteiger partial charge < -0.3 is 5.73 Å². The van der Waals surface area contributed by atoms with Crippen molar-refractivity contribution in [1.29, 1.82) is 0 Å². The normalized spacial score (nSPS) is 18.3. The van der Waals surface area contributed by atoms with E-state index in [-0.39, 0.29) is 18.6 Å². The van der Waals surface area contributed by atoms with Gasteiger partial charge in [-0.1, -0.05) is 0 Å². The minimum atomic E-state index is -4.17. The lowest BCUT2D eigenvalue weighted by Gasteiger charge is -2.31.